The molecule has 7 heteroatoms. The van der Waals surface area contributed by atoms with Crippen LogP contribution in [0.1, 0.15) is 20.8 Å². The van der Waals surface area contributed by atoms with E-state index in [1.165, 1.54) is 0 Å². The Bertz CT molecular complexity index is 1750. The van der Waals surface area contributed by atoms with Gasteiger partial charge in [0.05, 0.1) is 23.3 Å². The summed E-state index contributed by atoms with van der Waals surface area (Å²) in [6, 6.07) is 16.6. The number of pyridine rings is 3. The Kier molecular flexibility index (Phi) is 5.34. The van der Waals surface area contributed by atoms with Gasteiger partial charge < -0.3 is 10.3 Å². The van der Waals surface area contributed by atoms with Crippen molar-refractivity contribution in [3.05, 3.63) is 91.8 Å². The Labute approximate surface area is 214 Å². The highest BCUT2D eigenvalue weighted by atomic mass is 15.2. The lowest BCUT2D eigenvalue weighted by Crippen LogP contribution is -2.15. The lowest BCUT2D eigenvalue weighted by Gasteiger charge is -2.23. The molecule has 0 aliphatic rings. The van der Waals surface area contributed by atoms with E-state index < -0.39 is 0 Å². The number of fused-ring (bicyclic) bond motifs is 2. The number of nitrogens with one attached hydrogen (secondary N) is 3. The Morgan fingerprint density at radius 2 is 1.70 bits per heavy atom. The van der Waals surface area contributed by atoms with Gasteiger partial charge in [0.25, 0.3) is 0 Å². The molecule has 3 N–H and O–H groups in total. The number of benzene rings is 1. The lowest BCUT2D eigenvalue weighted by atomic mass is 9.93. The van der Waals surface area contributed by atoms with E-state index in [0.29, 0.717) is 5.65 Å². The molecule has 0 atom stereocenters. The van der Waals surface area contributed by atoms with Crippen molar-refractivity contribution in [2.75, 3.05) is 5.32 Å². The van der Waals surface area contributed by atoms with Crippen molar-refractivity contribution in [1.29, 1.82) is 0 Å². The lowest BCUT2D eigenvalue weighted by molar-refractivity contribution is 0.509. The van der Waals surface area contributed by atoms with Gasteiger partial charge in [0.15, 0.2) is 5.65 Å². The van der Waals surface area contributed by atoms with Crippen molar-refractivity contribution in [2.24, 2.45) is 5.41 Å². The predicted molar refractivity (Wildman–Crippen MR) is 150 cm³/mol. The number of rotatable bonds is 5. The minimum absolute atomic E-state index is 0.0569. The largest absolute Gasteiger partial charge is 0.358 e. The first-order valence-electron chi connectivity index (χ1n) is 12.2. The molecule has 0 fully saturated rings. The van der Waals surface area contributed by atoms with Gasteiger partial charge in [-0.1, -0.05) is 45.5 Å². The average Bonchev–Trinajstić information content (AvgIpc) is 3.52. The molecule has 6 aromatic rings. The summed E-state index contributed by atoms with van der Waals surface area (Å²) in [5.74, 6) is 0. The van der Waals surface area contributed by atoms with Crippen LogP contribution in [0.25, 0.3) is 55.6 Å². The molecule has 1 aromatic carbocycles. The first kappa shape index (κ1) is 22.7. The maximum absolute atomic E-state index is 4.62. The van der Waals surface area contributed by atoms with Crippen LogP contribution in [0.3, 0.4) is 0 Å². The minimum atomic E-state index is -0.0569. The van der Waals surface area contributed by atoms with Gasteiger partial charge in [-0.3, -0.25) is 15.1 Å². The minimum Gasteiger partial charge on any atom is -0.358 e. The summed E-state index contributed by atoms with van der Waals surface area (Å²) in [7, 11) is 0. The first-order valence-corrected chi connectivity index (χ1v) is 12.2. The number of anilines is 1. The monoisotopic (exact) mass is 485 g/mol. The topological polar surface area (TPSA) is 95.2 Å². The van der Waals surface area contributed by atoms with Gasteiger partial charge in [-0.25, -0.2) is 4.98 Å². The zero-order chi connectivity index (χ0) is 25.6. The van der Waals surface area contributed by atoms with Crippen LogP contribution in [0.15, 0.2) is 91.8 Å². The van der Waals surface area contributed by atoms with Crippen LogP contribution in [0, 0.1) is 5.41 Å². The van der Waals surface area contributed by atoms with E-state index in [4.69, 9.17) is 0 Å². The third kappa shape index (κ3) is 4.25. The van der Waals surface area contributed by atoms with Crippen molar-refractivity contribution >= 4 is 27.6 Å². The van der Waals surface area contributed by atoms with Crippen molar-refractivity contribution < 1.29 is 0 Å². The van der Waals surface area contributed by atoms with E-state index in [-0.39, 0.29) is 5.41 Å². The van der Waals surface area contributed by atoms with Crippen LogP contribution in [0.4, 0.5) is 5.69 Å². The Hall–Kier alpha value is -4.78. The summed E-state index contributed by atoms with van der Waals surface area (Å²) < 4.78 is 0. The summed E-state index contributed by atoms with van der Waals surface area (Å²) in [6.45, 7) is 10.6. The smallest absolute Gasteiger partial charge is 0.181 e. The van der Waals surface area contributed by atoms with E-state index in [0.717, 1.165) is 61.3 Å². The maximum atomic E-state index is 4.62. The van der Waals surface area contributed by atoms with Gasteiger partial charge in [0, 0.05) is 68.9 Å². The third-order valence-corrected chi connectivity index (χ3v) is 6.59. The van der Waals surface area contributed by atoms with Gasteiger partial charge in [-0.15, -0.1) is 0 Å². The summed E-state index contributed by atoms with van der Waals surface area (Å²) >= 11 is 0. The van der Waals surface area contributed by atoms with Gasteiger partial charge >= 0.3 is 0 Å². The summed E-state index contributed by atoms with van der Waals surface area (Å²) in [6.07, 6.45) is 9.15. The number of aromatic nitrogens is 6. The Morgan fingerprint density at radius 1 is 0.865 bits per heavy atom. The standard InChI is InChI=1S/C30H27N7/c1-18(30(2,3)4)34-22-11-20(15-32-17-22)21-12-25-28(36-37-29(25)33-16-21)27-13-24-23(8-5-9-26(24)35-27)19-7-6-10-31-14-19/h5-17,34-35H,1H2,2-4H3,(H,33,36,37). The fourth-order valence-electron chi connectivity index (χ4n) is 4.35. The highest BCUT2D eigenvalue weighted by Gasteiger charge is 2.17. The highest BCUT2D eigenvalue weighted by Crippen LogP contribution is 2.35. The molecule has 0 saturated heterocycles. The van der Waals surface area contributed by atoms with E-state index in [2.05, 4.69) is 105 Å². The molecule has 5 heterocycles. The third-order valence-electron chi connectivity index (χ3n) is 6.59. The van der Waals surface area contributed by atoms with Crippen LogP contribution < -0.4 is 5.32 Å². The fraction of sp³-hybridized carbons (Fsp3) is 0.133. The van der Waals surface area contributed by atoms with E-state index >= 15 is 0 Å². The summed E-state index contributed by atoms with van der Waals surface area (Å²) in [5.41, 5.74) is 9.43. The summed E-state index contributed by atoms with van der Waals surface area (Å²) in [5, 5.41) is 13.1. The SMILES string of the molecule is C=C(Nc1cncc(-c2cnc3n[nH]c(-c4cc5c(-c6cccnc6)cccc5[nH]4)c3c2)c1)C(C)(C)C. The quantitative estimate of drug-likeness (QED) is 0.240. The maximum Gasteiger partial charge on any atom is 0.181 e. The van der Waals surface area contributed by atoms with E-state index in [1.807, 2.05) is 24.7 Å². The molecule has 7 nitrogen and oxygen atoms in total. The second-order valence-corrected chi connectivity index (χ2v) is 10.2. The number of hydrogen-bond donors (Lipinski definition) is 3. The fourth-order valence-corrected chi connectivity index (χ4v) is 4.35. The first-order chi connectivity index (χ1) is 17.9. The molecule has 5 aromatic heterocycles. The second kappa shape index (κ2) is 8.71. The van der Waals surface area contributed by atoms with Crippen LogP contribution in [-0.4, -0.2) is 30.1 Å². The van der Waals surface area contributed by atoms with Gasteiger partial charge in [-0.05, 0) is 35.9 Å². The molecule has 182 valence electrons. The second-order valence-electron chi connectivity index (χ2n) is 10.2. The van der Waals surface area contributed by atoms with Crippen LogP contribution in [0.5, 0.6) is 0 Å². The van der Waals surface area contributed by atoms with Crippen molar-refractivity contribution in [1.82, 2.24) is 30.1 Å². The number of hydrogen-bond acceptors (Lipinski definition) is 5. The molecular weight excluding hydrogens is 458 g/mol. The van der Waals surface area contributed by atoms with Crippen molar-refractivity contribution in [3.63, 3.8) is 0 Å². The molecule has 0 radical (unpaired) electrons. The number of aromatic amines is 2. The number of H-pyrrole nitrogens is 2. The normalized spacial score (nSPS) is 11.8. The molecule has 6 rings (SSSR count). The molecule has 0 amide bonds. The van der Waals surface area contributed by atoms with Crippen LogP contribution >= 0.6 is 0 Å². The molecule has 0 unspecified atom stereocenters. The molecule has 0 aliphatic heterocycles. The van der Waals surface area contributed by atoms with E-state index in [1.54, 1.807) is 12.4 Å². The highest BCUT2D eigenvalue weighted by molar-refractivity contribution is 6.01. The Balaban J connectivity index is 1.40. The number of allylic oxidation sites excluding steroid dienone is 1. The Morgan fingerprint density at radius 3 is 2.51 bits per heavy atom. The molecule has 37 heavy (non-hydrogen) atoms. The zero-order valence-corrected chi connectivity index (χ0v) is 21.0. The summed E-state index contributed by atoms with van der Waals surface area (Å²) in [4.78, 5) is 16.9. The van der Waals surface area contributed by atoms with Gasteiger partial charge in [0.1, 0.15) is 0 Å². The van der Waals surface area contributed by atoms with Gasteiger partial charge in [-0.2, -0.15) is 5.10 Å². The van der Waals surface area contributed by atoms with Crippen LogP contribution in [-0.2, 0) is 0 Å². The molecule has 0 saturated carbocycles. The molecule has 0 spiro atoms. The zero-order valence-electron chi connectivity index (χ0n) is 21.0. The van der Waals surface area contributed by atoms with E-state index in [9.17, 15) is 0 Å². The predicted octanol–water partition coefficient (Wildman–Crippen LogP) is 7.20. The van der Waals surface area contributed by atoms with Crippen molar-refractivity contribution in [2.45, 2.75) is 20.8 Å². The molecular formula is C30H27N7. The van der Waals surface area contributed by atoms with Crippen LogP contribution in [0.2, 0.25) is 0 Å². The molecule has 0 aliphatic carbocycles. The van der Waals surface area contributed by atoms with Crippen molar-refractivity contribution in [3.8, 4) is 33.6 Å². The molecule has 0 bridgehead atoms. The number of nitrogens with zero attached hydrogens (tertiary/aromatic N) is 4. The van der Waals surface area contributed by atoms with Gasteiger partial charge in [0.2, 0.25) is 0 Å². The average molecular weight is 486 g/mol.